The number of hydrogen-bond donors (Lipinski definition) is 1. The number of hydrogen-bond acceptors (Lipinski definition) is 2. The Morgan fingerprint density at radius 1 is 1.29 bits per heavy atom. The molecule has 24 heavy (non-hydrogen) atoms. The van der Waals surface area contributed by atoms with Gasteiger partial charge in [-0.15, -0.1) is 6.58 Å². The average molecular weight is 327 g/mol. The fraction of sp³-hybridized carbons (Fsp3) is 0.111. The molecule has 0 unspecified atom stereocenters. The standard InChI is InChI=1S/C18H15F2N3O/c1-2-8-23(12-14-5-3-4-13(9-14)11-21)18(24)22-17-7-6-15(19)10-16(17)20/h2-7,9-10H,1,8,12H2,(H,22,24). The first-order valence-electron chi connectivity index (χ1n) is 7.14. The number of benzene rings is 2. The zero-order valence-corrected chi connectivity index (χ0v) is 12.8. The highest BCUT2D eigenvalue weighted by Crippen LogP contribution is 2.16. The second kappa shape index (κ2) is 7.88. The first kappa shape index (κ1) is 17.2. The van der Waals surface area contributed by atoms with Gasteiger partial charge in [0.2, 0.25) is 0 Å². The zero-order chi connectivity index (χ0) is 17.5. The molecule has 0 saturated heterocycles. The molecular formula is C18H15F2N3O. The van der Waals surface area contributed by atoms with Gasteiger partial charge in [0.1, 0.15) is 11.6 Å². The highest BCUT2D eigenvalue weighted by atomic mass is 19.1. The van der Waals surface area contributed by atoms with Crippen LogP contribution in [0, 0.1) is 23.0 Å². The van der Waals surface area contributed by atoms with Crippen LogP contribution in [0.25, 0.3) is 0 Å². The van der Waals surface area contributed by atoms with E-state index in [0.29, 0.717) is 11.6 Å². The van der Waals surface area contributed by atoms with Crippen molar-refractivity contribution in [1.29, 1.82) is 5.26 Å². The van der Waals surface area contributed by atoms with Gasteiger partial charge in [0.15, 0.2) is 0 Å². The van der Waals surface area contributed by atoms with E-state index in [4.69, 9.17) is 5.26 Å². The maximum atomic E-state index is 13.7. The van der Waals surface area contributed by atoms with Crippen LogP contribution in [-0.4, -0.2) is 17.5 Å². The Balaban J connectivity index is 2.15. The number of urea groups is 1. The molecule has 0 bridgehead atoms. The van der Waals surface area contributed by atoms with Gasteiger partial charge in [0, 0.05) is 19.2 Å². The van der Waals surface area contributed by atoms with Gasteiger partial charge in [0.25, 0.3) is 0 Å². The quantitative estimate of drug-likeness (QED) is 0.842. The van der Waals surface area contributed by atoms with E-state index in [1.807, 2.05) is 6.07 Å². The van der Waals surface area contributed by atoms with E-state index in [2.05, 4.69) is 11.9 Å². The minimum atomic E-state index is -0.853. The van der Waals surface area contributed by atoms with Gasteiger partial charge in [-0.25, -0.2) is 13.6 Å². The van der Waals surface area contributed by atoms with Gasteiger partial charge in [0.05, 0.1) is 17.3 Å². The van der Waals surface area contributed by atoms with Crippen molar-refractivity contribution in [3.63, 3.8) is 0 Å². The molecule has 2 amide bonds. The Morgan fingerprint density at radius 2 is 2.08 bits per heavy atom. The second-order valence-corrected chi connectivity index (χ2v) is 5.04. The van der Waals surface area contributed by atoms with Crippen LogP contribution in [0.3, 0.4) is 0 Å². The molecule has 0 atom stereocenters. The van der Waals surface area contributed by atoms with Crippen LogP contribution in [0.15, 0.2) is 55.1 Å². The third-order valence-corrected chi connectivity index (χ3v) is 3.24. The molecule has 0 fully saturated rings. The Labute approximate surface area is 138 Å². The topological polar surface area (TPSA) is 56.1 Å². The van der Waals surface area contributed by atoms with E-state index in [0.717, 1.165) is 17.7 Å². The Bertz CT molecular complexity index is 799. The summed E-state index contributed by atoms with van der Waals surface area (Å²) in [5, 5.41) is 11.3. The SMILES string of the molecule is C=CCN(Cc1cccc(C#N)c1)C(=O)Nc1ccc(F)cc1F. The van der Waals surface area contributed by atoms with Crippen LogP contribution in [0.1, 0.15) is 11.1 Å². The van der Waals surface area contributed by atoms with Crippen LogP contribution in [-0.2, 0) is 6.54 Å². The molecule has 6 heteroatoms. The van der Waals surface area contributed by atoms with Crippen molar-refractivity contribution in [3.8, 4) is 6.07 Å². The lowest BCUT2D eigenvalue weighted by molar-refractivity contribution is 0.215. The molecule has 0 heterocycles. The van der Waals surface area contributed by atoms with Crippen LogP contribution in [0.2, 0.25) is 0 Å². The van der Waals surface area contributed by atoms with Crippen molar-refractivity contribution >= 4 is 11.7 Å². The monoisotopic (exact) mass is 327 g/mol. The van der Waals surface area contributed by atoms with E-state index >= 15 is 0 Å². The van der Waals surface area contributed by atoms with Crippen LogP contribution in [0.4, 0.5) is 19.3 Å². The van der Waals surface area contributed by atoms with E-state index < -0.39 is 17.7 Å². The molecule has 122 valence electrons. The molecule has 4 nitrogen and oxygen atoms in total. The number of amides is 2. The molecule has 2 aromatic rings. The van der Waals surface area contributed by atoms with Crippen molar-refractivity contribution in [2.75, 3.05) is 11.9 Å². The third kappa shape index (κ3) is 4.40. The van der Waals surface area contributed by atoms with Crippen molar-refractivity contribution in [1.82, 2.24) is 4.90 Å². The Kier molecular flexibility index (Phi) is 5.63. The average Bonchev–Trinajstić information content (AvgIpc) is 2.57. The van der Waals surface area contributed by atoms with Gasteiger partial charge in [-0.2, -0.15) is 5.26 Å². The van der Waals surface area contributed by atoms with Crippen molar-refractivity contribution in [2.45, 2.75) is 6.54 Å². The van der Waals surface area contributed by atoms with Gasteiger partial charge in [-0.1, -0.05) is 18.2 Å². The number of rotatable bonds is 5. The van der Waals surface area contributed by atoms with Crippen LogP contribution >= 0.6 is 0 Å². The third-order valence-electron chi connectivity index (χ3n) is 3.24. The molecule has 2 aromatic carbocycles. The summed E-state index contributed by atoms with van der Waals surface area (Å²) >= 11 is 0. The van der Waals surface area contributed by atoms with E-state index in [9.17, 15) is 13.6 Å². The van der Waals surface area contributed by atoms with E-state index in [1.165, 1.54) is 11.0 Å². The molecule has 0 aromatic heterocycles. The zero-order valence-electron chi connectivity index (χ0n) is 12.8. The number of carbonyl (C=O) groups excluding carboxylic acids is 1. The minimum Gasteiger partial charge on any atom is -0.316 e. The largest absolute Gasteiger partial charge is 0.322 e. The molecule has 0 aliphatic rings. The molecule has 0 saturated carbocycles. The minimum absolute atomic E-state index is 0.110. The number of halogens is 2. The lowest BCUT2D eigenvalue weighted by Gasteiger charge is -2.22. The van der Waals surface area contributed by atoms with Crippen molar-refractivity contribution in [3.05, 3.63) is 77.9 Å². The summed E-state index contributed by atoms with van der Waals surface area (Å²) in [6, 6.07) is 11.2. The Morgan fingerprint density at radius 3 is 2.75 bits per heavy atom. The lowest BCUT2D eigenvalue weighted by atomic mass is 10.1. The van der Waals surface area contributed by atoms with Crippen LogP contribution < -0.4 is 5.32 Å². The molecule has 2 rings (SSSR count). The lowest BCUT2D eigenvalue weighted by Crippen LogP contribution is -2.34. The van der Waals surface area contributed by atoms with E-state index in [-0.39, 0.29) is 18.8 Å². The summed E-state index contributed by atoms with van der Waals surface area (Å²) in [5.74, 6) is -1.57. The summed E-state index contributed by atoms with van der Waals surface area (Å²) in [6.07, 6.45) is 1.54. The number of nitrogens with one attached hydrogen (secondary N) is 1. The van der Waals surface area contributed by atoms with Gasteiger partial charge in [-0.3, -0.25) is 0 Å². The van der Waals surface area contributed by atoms with Gasteiger partial charge < -0.3 is 10.2 Å². The molecule has 0 aliphatic heterocycles. The summed E-state index contributed by atoms with van der Waals surface area (Å²) in [5.41, 5.74) is 1.13. The maximum absolute atomic E-state index is 13.7. The summed E-state index contributed by atoms with van der Waals surface area (Å²) in [6.45, 7) is 4.04. The van der Waals surface area contributed by atoms with Gasteiger partial charge >= 0.3 is 6.03 Å². The number of carbonyl (C=O) groups is 1. The fourth-order valence-electron chi connectivity index (χ4n) is 2.12. The number of nitrogens with zero attached hydrogens (tertiary/aromatic N) is 2. The first-order chi connectivity index (χ1) is 11.5. The summed E-state index contributed by atoms with van der Waals surface area (Å²) in [4.78, 5) is 13.7. The smallest absolute Gasteiger partial charge is 0.316 e. The number of nitriles is 1. The normalized spacial score (nSPS) is 9.88. The van der Waals surface area contributed by atoms with Crippen molar-refractivity contribution < 1.29 is 13.6 Å². The molecule has 1 N–H and O–H groups in total. The summed E-state index contributed by atoms with van der Waals surface area (Å²) < 4.78 is 26.6. The predicted molar refractivity (Wildman–Crippen MR) is 87.1 cm³/mol. The van der Waals surface area contributed by atoms with E-state index in [1.54, 1.807) is 24.3 Å². The second-order valence-electron chi connectivity index (χ2n) is 5.04. The van der Waals surface area contributed by atoms with Crippen LogP contribution in [0.5, 0.6) is 0 Å². The fourth-order valence-corrected chi connectivity index (χ4v) is 2.12. The highest BCUT2D eigenvalue weighted by molar-refractivity contribution is 5.89. The Hall–Kier alpha value is -3.20. The van der Waals surface area contributed by atoms with Gasteiger partial charge in [-0.05, 0) is 29.8 Å². The molecular weight excluding hydrogens is 312 g/mol. The molecule has 0 radical (unpaired) electrons. The maximum Gasteiger partial charge on any atom is 0.322 e. The molecule has 0 spiro atoms. The predicted octanol–water partition coefficient (Wildman–Crippen LogP) is 4.06. The first-order valence-corrected chi connectivity index (χ1v) is 7.14. The summed E-state index contributed by atoms with van der Waals surface area (Å²) in [7, 11) is 0. The molecule has 0 aliphatic carbocycles. The highest BCUT2D eigenvalue weighted by Gasteiger charge is 2.15. The number of anilines is 1. The van der Waals surface area contributed by atoms with Crippen molar-refractivity contribution in [2.24, 2.45) is 0 Å².